The zero-order chi connectivity index (χ0) is 13.7. The van der Waals surface area contributed by atoms with Gasteiger partial charge in [0, 0.05) is 6.07 Å². The normalized spacial score (nSPS) is 12.2. The number of benzene rings is 1. The molecule has 0 aliphatic rings. The highest BCUT2D eigenvalue weighted by atomic mass is 16.5. The Morgan fingerprint density at radius 2 is 2.05 bits per heavy atom. The molecule has 1 heterocycles. The van der Waals surface area contributed by atoms with Gasteiger partial charge in [-0.1, -0.05) is 36.8 Å². The van der Waals surface area contributed by atoms with Gasteiger partial charge in [0.2, 0.25) is 5.88 Å². The first kappa shape index (κ1) is 13.5. The molecule has 0 bridgehead atoms. The number of aromatic nitrogens is 2. The second kappa shape index (κ2) is 6.29. The molecule has 0 spiro atoms. The monoisotopic (exact) mass is 257 g/mol. The van der Waals surface area contributed by atoms with Crippen LogP contribution in [0.5, 0.6) is 5.88 Å². The molecule has 1 unspecified atom stereocenters. The first-order valence-electron chi connectivity index (χ1n) is 6.42. The highest BCUT2D eigenvalue weighted by Gasteiger charge is 2.15. The lowest BCUT2D eigenvalue weighted by molar-refractivity contribution is 0.390. The average Bonchev–Trinajstić information content (AvgIpc) is 2.45. The molecule has 1 aromatic carbocycles. The van der Waals surface area contributed by atoms with E-state index in [0.717, 1.165) is 12.2 Å². The third kappa shape index (κ3) is 3.29. The zero-order valence-electron chi connectivity index (χ0n) is 11.6. The van der Waals surface area contributed by atoms with Crippen LogP contribution in [0.3, 0.4) is 0 Å². The predicted molar refractivity (Wildman–Crippen MR) is 75.3 cm³/mol. The molecule has 1 atom stereocenters. The van der Waals surface area contributed by atoms with Crippen LogP contribution in [0.4, 0.5) is 0 Å². The fourth-order valence-electron chi connectivity index (χ4n) is 2.04. The van der Waals surface area contributed by atoms with Crippen molar-refractivity contribution < 1.29 is 4.74 Å². The molecule has 19 heavy (non-hydrogen) atoms. The smallest absolute Gasteiger partial charge is 0.233 e. The zero-order valence-corrected chi connectivity index (χ0v) is 11.6. The van der Waals surface area contributed by atoms with E-state index in [1.807, 2.05) is 12.1 Å². The van der Waals surface area contributed by atoms with E-state index in [4.69, 9.17) is 4.74 Å². The Labute approximate surface area is 113 Å². The lowest BCUT2D eigenvalue weighted by Crippen LogP contribution is -2.23. The van der Waals surface area contributed by atoms with Crippen molar-refractivity contribution in [3.05, 3.63) is 53.2 Å². The second-order valence-corrected chi connectivity index (χ2v) is 4.41. The third-order valence-electron chi connectivity index (χ3n) is 2.95. The Hall–Kier alpha value is -1.94. The van der Waals surface area contributed by atoms with Gasteiger partial charge in [-0.15, -0.1) is 10.2 Å². The van der Waals surface area contributed by atoms with Crippen molar-refractivity contribution in [3.63, 3.8) is 0 Å². The Morgan fingerprint density at radius 3 is 2.63 bits per heavy atom. The van der Waals surface area contributed by atoms with Crippen LogP contribution in [0.15, 0.2) is 36.4 Å². The quantitative estimate of drug-likeness (QED) is 0.894. The van der Waals surface area contributed by atoms with Gasteiger partial charge >= 0.3 is 0 Å². The summed E-state index contributed by atoms with van der Waals surface area (Å²) in [5.41, 5.74) is 3.33. The first-order valence-corrected chi connectivity index (χ1v) is 6.42. The maximum absolute atomic E-state index is 5.04. The van der Waals surface area contributed by atoms with Crippen molar-refractivity contribution in [2.75, 3.05) is 13.7 Å². The summed E-state index contributed by atoms with van der Waals surface area (Å²) in [5, 5.41) is 11.7. The van der Waals surface area contributed by atoms with Crippen molar-refractivity contribution in [2.24, 2.45) is 0 Å². The van der Waals surface area contributed by atoms with Crippen LogP contribution in [0.1, 0.15) is 29.8 Å². The highest BCUT2D eigenvalue weighted by molar-refractivity contribution is 5.31. The van der Waals surface area contributed by atoms with Crippen LogP contribution in [-0.4, -0.2) is 23.9 Å². The minimum absolute atomic E-state index is 0.0586. The van der Waals surface area contributed by atoms with Crippen molar-refractivity contribution in [3.8, 4) is 5.88 Å². The summed E-state index contributed by atoms with van der Waals surface area (Å²) in [6.45, 7) is 5.04. The van der Waals surface area contributed by atoms with E-state index in [1.54, 1.807) is 7.11 Å². The lowest BCUT2D eigenvalue weighted by Gasteiger charge is -2.18. The maximum atomic E-state index is 5.04. The van der Waals surface area contributed by atoms with Crippen molar-refractivity contribution in [2.45, 2.75) is 19.9 Å². The van der Waals surface area contributed by atoms with Gasteiger partial charge < -0.3 is 10.1 Å². The lowest BCUT2D eigenvalue weighted by atomic mass is 10.0. The van der Waals surface area contributed by atoms with Crippen molar-refractivity contribution >= 4 is 0 Å². The Morgan fingerprint density at radius 1 is 1.21 bits per heavy atom. The number of hydrogen-bond donors (Lipinski definition) is 1. The molecule has 100 valence electrons. The summed E-state index contributed by atoms with van der Waals surface area (Å²) in [5.74, 6) is 0.531. The largest absolute Gasteiger partial charge is 0.480 e. The summed E-state index contributed by atoms with van der Waals surface area (Å²) in [6.07, 6.45) is 0. The summed E-state index contributed by atoms with van der Waals surface area (Å²) < 4.78 is 5.04. The molecule has 0 aliphatic heterocycles. The fourth-order valence-corrected chi connectivity index (χ4v) is 2.04. The van der Waals surface area contributed by atoms with Gasteiger partial charge in [-0.05, 0) is 25.1 Å². The van der Waals surface area contributed by atoms with Crippen LogP contribution in [-0.2, 0) is 0 Å². The molecule has 2 aromatic rings. The van der Waals surface area contributed by atoms with Crippen LogP contribution in [0.2, 0.25) is 0 Å². The summed E-state index contributed by atoms with van der Waals surface area (Å²) >= 11 is 0. The Bertz CT molecular complexity index is 525. The van der Waals surface area contributed by atoms with E-state index in [9.17, 15) is 0 Å². The third-order valence-corrected chi connectivity index (χ3v) is 2.95. The van der Waals surface area contributed by atoms with Gasteiger partial charge in [0.05, 0.1) is 18.8 Å². The van der Waals surface area contributed by atoms with E-state index < -0.39 is 0 Å². The number of hydrogen-bond acceptors (Lipinski definition) is 4. The number of nitrogens with one attached hydrogen (secondary N) is 1. The van der Waals surface area contributed by atoms with E-state index in [0.29, 0.717) is 5.88 Å². The molecule has 0 amide bonds. The van der Waals surface area contributed by atoms with Gasteiger partial charge in [0.25, 0.3) is 0 Å². The highest BCUT2D eigenvalue weighted by Crippen LogP contribution is 2.21. The molecular formula is C15H19N3O. The number of aryl methyl sites for hydroxylation is 1. The Kier molecular flexibility index (Phi) is 4.47. The number of ether oxygens (including phenoxy) is 1. The molecule has 4 heteroatoms. The van der Waals surface area contributed by atoms with Crippen molar-refractivity contribution in [1.82, 2.24) is 15.5 Å². The molecule has 0 saturated heterocycles. The number of nitrogens with zero attached hydrogens (tertiary/aromatic N) is 2. The number of methoxy groups -OCH3 is 1. The van der Waals surface area contributed by atoms with E-state index in [-0.39, 0.29) is 6.04 Å². The minimum Gasteiger partial charge on any atom is -0.480 e. The van der Waals surface area contributed by atoms with Crippen LogP contribution >= 0.6 is 0 Å². The molecule has 2 rings (SSSR count). The van der Waals surface area contributed by atoms with Crippen LogP contribution in [0, 0.1) is 6.92 Å². The van der Waals surface area contributed by atoms with Crippen molar-refractivity contribution in [1.29, 1.82) is 0 Å². The van der Waals surface area contributed by atoms with Crippen LogP contribution < -0.4 is 10.1 Å². The van der Waals surface area contributed by atoms with Gasteiger partial charge in [-0.3, -0.25) is 0 Å². The van der Waals surface area contributed by atoms with Gasteiger partial charge in [-0.2, -0.15) is 0 Å². The SMILES string of the molecule is CCNC(c1cccc(C)c1)c1ccc(OC)nn1. The van der Waals surface area contributed by atoms with Gasteiger partial charge in [0.1, 0.15) is 0 Å². The maximum Gasteiger partial charge on any atom is 0.233 e. The summed E-state index contributed by atoms with van der Waals surface area (Å²) in [6, 6.07) is 12.3. The molecule has 0 aliphatic carbocycles. The fraction of sp³-hybridized carbons (Fsp3) is 0.333. The molecule has 0 saturated carbocycles. The van der Waals surface area contributed by atoms with Gasteiger partial charge in [0.15, 0.2) is 0 Å². The molecule has 0 fully saturated rings. The molecule has 4 nitrogen and oxygen atoms in total. The van der Waals surface area contributed by atoms with E-state index in [2.05, 4.69) is 53.6 Å². The van der Waals surface area contributed by atoms with E-state index in [1.165, 1.54) is 11.1 Å². The molecule has 1 aromatic heterocycles. The Balaban J connectivity index is 2.33. The summed E-state index contributed by atoms with van der Waals surface area (Å²) in [4.78, 5) is 0. The standard InChI is InChI=1S/C15H19N3O/c1-4-16-15(12-7-5-6-11(2)10-12)13-8-9-14(19-3)18-17-13/h5-10,15-16H,4H2,1-3H3. The van der Waals surface area contributed by atoms with Gasteiger partial charge in [-0.25, -0.2) is 0 Å². The summed E-state index contributed by atoms with van der Waals surface area (Å²) in [7, 11) is 1.59. The molecule has 0 radical (unpaired) electrons. The second-order valence-electron chi connectivity index (χ2n) is 4.41. The van der Waals surface area contributed by atoms with Crippen LogP contribution in [0.25, 0.3) is 0 Å². The van der Waals surface area contributed by atoms with E-state index >= 15 is 0 Å². The topological polar surface area (TPSA) is 47.0 Å². The minimum atomic E-state index is 0.0586. The first-order chi connectivity index (χ1) is 9.24. The molecular weight excluding hydrogens is 238 g/mol. The predicted octanol–water partition coefficient (Wildman–Crippen LogP) is 2.49. The molecule has 1 N–H and O–H groups in total. The number of rotatable bonds is 5. The average molecular weight is 257 g/mol.